The zero-order chi connectivity index (χ0) is 20.5. The lowest BCUT2D eigenvalue weighted by Crippen LogP contribution is -2.46. The smallest absolute Gasteiger partial charge is 0.375 e. The highest BCUT2D eigenvalue weighted by Crippen LogP contribution is 2.27. The SMILES string of the molecule is CCCNC(=O)[C@@H](C)NC(=O)COC(=O)c1oc2ccccc2c1COCC. The Hall–Kier alpha value is -2.87. The summed E-state index contributed by atoms with van der Waals surface area (Å²) in [5.41, 5.74) is 1.12. The summed E-state index contributed by atoms with van der Waals surface area (Å²) >= 11 is 0. The molecule has 1 aromatic carbocycles. The predicted molar refractivity (Wildman–Crippen MR) is 103 cm³/mol. The Balaban J connectivity index is 1.99. The van der Waals surface area contributed by atoms with E-state index in [1.807, 2.05) is 26.0 Å². The molecule has 2 rings (SSSR count). The topological polar surface area (TPSA) is 107 Å². The second-order valence-electron chi connectivity index (χ2n) is 6.20. The van der Waals surface area contributed by atoms with Crippen LogP contribution in [0.25, 0.3) is 11.0 Å². The standard InChI is InChI=1S/C20H26N2O6/c1-4-10-21-19(24)13(3)22-17(23)12-27-20(25)18-15(11-26-5-2)14-8-6-7-9-16(14)28-18/h6-9,13H,4-5,10-12H2,1-3H3,(H,21,24)(H,22,23)/t13-/m1/s1. The number of ether oxygens (including phenoxy) is 2. The Morgan fingerprint density at radius 2 is 1.93 bits per heavy atom. The van der Waals surface area contributed by atoms with Gasteiger partial charge >= 0.3 is 5.97 Å². The molecule has 152 valence electrons. The monoisotopic (exact) mass is 390 g/mol. The first-order chi connectivity index (χ1) is 13.5. The summed E-state index contributed by atoms with van der Waals surface area (Å²) in [6.07, 6.45) is 0.797. The van der Waals surface area contributed by atoms with Crippen molar-refractivity contribution in [2.45, 2.75) is 39.8 Å². The number of hydrogen-bond acceptors (Lipinski definition) is 6. The Bertz CT molecular complexity index is 829. The van der Waals surface area contributed by atoms with Crippen LogP contribution in [-0.2, 0) is 25.7 Å². The van der Waals surface area contributed by atoms with Gasteiger partial charge < -0.3 is 24.5 Å². The molecule has 0 aliphatic carbocycles. The van der Waals surface area contributed by atoms with Crippen molar-refractivity contribution in [2.24, 2.45) is 0 Å². The molecule has 2 amide bonds. The van der Waals surface area contributed by atoms with E-state index in [-0.39, 0.29) is 18.3 Å². The fraction of sp³-hybridized carbons (Fsp3) is 0.450. The number of furan rings is 1. The molecular weight excluding hydrogens is 364 g/mol. The number of amides is 2. The number of para-hydroxylation sites is 1. The van der Waals surface area contributed by atoms with Crippen molar-refractivity contribution in [2.75, 3.05) is 19.8 Å². The normalized spacial score (nSPS) is 11.8. The van der Waals surface area contributed by atoms with Crippen LogP contribution in [0.5, 0.6) is 0 Å². The summed E-state index contributed by atoms with van der Waals surface area (Å²) in [6, 6.07) is 6.47. The van der Waals surface area contributed by atoms with Crippen molar-refractivity contribution in [3.8, 4) is 0 Å². The van der Waals surface area contributed by atoms with E-state index in [0.29, 0.717) is 24.3 Å². The molecule has 8 heteroatoms. The summed E-state index contributed by atoms with van der Waals surface area (Å²) in [7, 11) is 0. The van der Waals surface area contributed by atoms with Gasteiger partial charge in [0.1, 0.15) is 11.6 Å². The minimum absolute atomic E-state index is 0.0104. The molecule has 0 unspecified atom stereocenters. The maximum atomic E-state index is 12.4. The molecule has 0 aliphatic rings. The number of carbonyl (C=O) groups excluding carboxylic acids is 3. The highest BCUT2D eigenvalue weighted by molar-refractivity contribution is 5.97. The second-order valence-corrected chi connectivity index (χ2v) is 6.20. The molecule has 0 fully saturated rings. The van der Waals surface area contributed by atoms with Crippen molar-refractivity contribution in [1.29, 1.82) is 0 Å². The van der Waals surface area contributed by atoms with Gasteiger partial charge in [-0.15, -0.1) is 0 Å². The first-order valence-corrected chi connectivity index (χ1v) is 9.30. The van der Waals surface area contributed by atoms with E-state index >= 15 is 0 Å². The number of fused-ring (bicyclic) bond motifs is 1. The molecule has 1 aromatic heterocycles. The van der Waals surface area contributed by atoms with Gasteiger partial charge in [-0.3, -0.25) is 9.59 Å². The van der Waals surface area contributed by atoms with Gasteiger partial charge in [-0.25, -0.2) is 4.79 Å². The van der Waals surface area contributed by atoms with Crippen LogP contribution in [0.1, 0.15) is 43.3 Å². The van der Waals surface area contributed by atoms with Crippen LogP contribution in [0.3, 0.4) is 0 Å². The van der Waals surface area contributed by atoms with Crippen molar-refractivity contribution in [3.63, 3.8) is 0 Å². The fourth-order valence-electron chi connectivity index (χ4n) is 2.56. The first-order valence-electron chi connectivity index (χ1n) is 9.30. The molecule has 0 aliphatic heterocycles. The predicted octanol–water partition coefficient (Wildman–Crippen LogP) is 2.16. The quantitative estimate of drug-likeness (QED) is 0.602. The van der Waals surface area contributed by atoms with Crippen LogP contribution in [0.4, 0.5) is 0 Å². The van der Waals surface area contributed by atoms with Crippen LogP contribution in [0.15, 0.2) is 28.7 Å². The van der Waals surface area contributed by atoms with Crippen molar-refractivity contribution in [1.82, 2.24) is 10.6 Å². The van der Waals surface area contributed by atoms with Crippen LogP contribution in [0, 0.1) is 0 Å². The van der Waals surface area contributed by atoms with E-state index in [4.69, 9.17) is 13.9 Å². The van der Waals surface area contributed by atoms with Crippen molar-refractivity contribution in [3.05, 3.63) is 35.6 Å². The molecule has 1 heterocycles. The van der Waals surface area contributed by atoms with E-state index in [9.17, 15) is 14.4 Å². The number of carbonyl (C=O) groups is 3. The number of rotatable bonds is 10. The van der Waals surface area contributed by atoms with Gasteiger partial charge in [-0.05, 0) is 26.3 Å². The second kappa shape index (κ2) is 10.5. The number of esters is 1. The molecule has 1 atom stereocenters. The summed E-state index contributed by atoms with van der Waals surface area (Å²) in [6.45, 7) is 6.03. The molecule has 0 spiro atoms. The van der Waals surface area contributed by atoms with Gasteiger partial charge in [0.2, 0.25) is 11.7 Å². The molecule has 2 N–H and O–H groups in total. The summed E-state index contributed by atoms with van der Waals surface area (Å²) < 4.78 is 16.1. The van der Waals surface area contributed by atoms with Crippen LogP contribution < -0.4 is 10.6 Å². The van der Waals surface area contributed by atoms with Crippen molar-refractivity contribution < 1.29 is 28.3 Å². The molecule has 0 bridgehead atoms. The fourth-order valence-corrected chi connectivity index (χ4v) is 2.56. The average molecular weight is 390 g/mol. The van der Waals surface area contributed by atoms with Crippen LogP contribution in [0.2, 0.25) is 0 Å². The highest BCUT2D eigenvalue weighted by Gasteiger charge is 2.23. The third kappa shape index (κ3) is 5.56. The van der Waals surface area contributed by atoms with Gasteiger partial charge in [0.25, 0.3) is 5.91 Å². The third-order valence-electron chi connectivity index (χ3n) is 3.99. The number of nitrogens with one attached hydrogen (secondary N) is 2. The van der Waals surface area contributed by atoms with Crippen LogP contribution >= 0.6 is 0 Å². The molecule has 0 saturated heterocycles. The van der Waals surface area contributed by atoms with E-state index in [1.54, 1.807) is 19.1 Å². The largest absolute Gasteiger partial charge is 0.450 e. The van der Waals surface area contributed by atoms with E-state index < -0.39 is 24.5 Å². The third-order valence-corrected chi connectivity index (χ3v) is 3.99. The molecule has 0 saturated carbocycles. The lowest BCUT2D eigenvalue weighted by atomic mass is 10.1. The van der Waals surface area contributed by atoms with Gasteiger partial charge in [0.15, 0.2) is 6.61 Å². The van der Waals surface area contributed by atoms with Gasteiger partial charge in [-0.1, -0.05) is 25.1 Å². The Kier molecular flexibility index (Phi) is 8.01. The maximum absolute atomic E-state index is 12.4. The minimum Gasteiger partial charge on any atom is -0.450 e. The zero-order valence-electron chi connectivity index (χ0n) is 16.4. The van der Waals surface area contributed by atoms with E-state index in [1.165, 1.54) is 0 Å². The highest BCUT2D eigenvalue weighted by atomic mass is 16.5. The number of hydrogen-bond donors (Lipinski definition) is 2. The van der Waals surface area contributed by atoms with Crippen molar-refractivity contribution >= 4 is 28.8 Å². The summed E-state index contributed by atoms with van der Waals surface area (Å²) in [5.74, 6) is -1.62. The van der Waals surface area contributed by atoms with E-state index in [0.717, 1.165) is 11.8 Å². The Morgan fingerprint density at radius 1 is 1.18 bits per heavy atom. The van der Waals surface area contributed by atoms with Gasteiger partial charge in [0, 0.05) is 24.1 Å². The van der Waals surface area contributed by atoms with Gasteiger partial charge in [0.05, 0.1) is 6.61 Å². The van der Waals surface area contributed by atoms with Crippen LogP contribution in [-0.4, -0.2) is 43.6 Å². The summed E-state index contributed by atoms with van der Waals surface area (Å²) in [5, 5.41) is 5.93. The number of benzene rings is 1. The Labute approximate surface area is 163 Å². The average Bonchev–Trinajstić information content (AvgIpc) is 3.07. The lowest BCUT2D eigenvalue weighted by Gasteiger charge is -2.13. The maximum Gasteiger partial charge on any atom is 0.375 e. The molecular formula is C20H26N2O6. The molecule has 0 radical (unpaired) electrons. The molecule has 28 heavy (non-hydrogen) atoms. The summed E-state index contributed by atoms with van der Waals surface area (Å²) in [4.78, 5) is 36.2. The minimum atomic E-state index is -0.760. The Morgan fingerprint density at radius 3 is 2.64 bits per heavy atom. The molecule has 2 aromatic rings. The first kappa shape index (κ1) is 21.4. The zero-order valence-corrected chi connectivity index (χ0v) is 16.4. The lowest BCUT2D eigenvalue weighted by molar-refractivity contribution is -0.130. The molecule has 8 nitrogen and oxygen atoms in total. The van der Waals surface area contributed by atoms with Gasteiger partial charge in [-0.2, -0.15) is 0 Å². The van der Waals surface area contributed by atoms with E-state index in [2.05, 4.69) is 10.6 Å².